The van der Waals surface area contributed by atoms with Crippen molar-refractivity contribution in [2.75, 3.05) is 5.32 Å². The summed E-state index contributed by atoms with van der Waals surface area (Å²) in [5.41, 5.74) is 0.682. The Labute approximate surface area is 122 Å². The number of carbonyl (C=O) groups excluding carboxylic acids is 2. The Morgan fingerprint density at radius 3 is 2.62 bits per heavy atom. The van der Waals surface area contributed by atoms with E-state index in [2.05, 4.69) is 5.32 Å². The highest BCUT2D eigenvalue weighted by Crippen LogP contribution is 2.17. The van der Waals surface area contributed by atoms with E-state index < -0.39 is 5.82 Å². The van der Waals surface area contributed by atoms with Crippen molar-refractivity contribution >= 4 is 17.4 Å². The van der Waals surface area contributed by atoms with E-state index in [1.807, 2.05) is 0 Å². The molecule has 21 heavy (non-hydrogen) atoms. The Morgan fingerprint density at radius 1 is 1.29 bits per heavy atom. The number of hydrogen-bond acceptors (Lipinski definition) is 3. The molecule has 0 atom stereocenters. The quantitative estimate of drug-likeness (QED) is 0.857. The Bertz CT molecular complexity index is 676. The molecule has 4 nitrogen and oxygen atoms in total. The first-order chi connectivity index (χ1) is 9.97. The molecule has 0 saturated heterocycles. The zero-order chi connectivity index (χ0) is 15.4. The van der Waals surface area contributed by atoms with Gasteiger partial charge >= 0.3 is 0 Å². The smallest absolute Gasteiger partial charge is 0.224 e. The number of nitrogens with one attached hydrogen (secondary N) is 1. The van der Waals surface area contributed by atoms with Gasteiger partial charge in [-0.15, -0.1) is 0 Å². The van der Waals surface area contributed by atoms with Gasteiger partial charge in [-0.05, 0) is 32.0 Å². The number of furan rings is 1. The van der Waals surface area contributed by atoms with Gasteiger partial charge in [0, 0.05) is 12.8 Å². The standard InChI is InChI=1S/C16H16FNO3/c1-10(19)13-9-12(21-11(13)2)7-8-16(20)18-15-6-4-3-5-14(15)17/h3-6,9H,7-8H2,1-2H3,(H,18,20). The van der Waals surface area contributed by atoms with Crippen molar-refractivity contribution in [1.29, 1.82) is 0 Å². The van der Waals surface area contributed by atoms with Gasteiger partial charge in [-0.1, -0.05) is 12.1 Å². The van der Waals surface area contributed by atoms with Crippen molar-refractivity contribution in [3.05, 3.63) is 53.2 Å². The molecular formula is C16H16FNO3. The lowest BCUT2D eigenvalue weighted by molar-refractivity contribution is -0.116. The molecule has 0 bridgehead atoms. The van der Waals surface area contributed by atoms with Gasteiger partial charge in [-0.3, -0.25) is 9.59 Å². The summed E-state index contributed by atoms with van der Waals surface area (Å²) >= 11 is 0. The average Bonchev–Trinajstić information content (AvgIpc) is 2.80. The van der Waals surface area contributed by atoms with Crippen LogP contribution in [0.4, 0.5) is 10.1 Å². The minimum atomic E-state index is -0.474. The van der Waals surface area contributed by atoms with Crippen LogP contribution < -0.4 is 5.32 Å². The van der Waals surface area contributed by atoms with Gasteiger partial charge in [0.25, 0.3) is 0 Å². The molecule has 1 aromatic heterocycles. The number of anilines is 1. The molecule has 0 fully saturated rings. The molecule has 1 heterocycles. The van der Waals surface area contributed by atoms with Crippen molar-refractivity contribution in [3.8, 4) is 0 Å². The summed E-state index contributed by atoms with van der Waals surface area (Å²) in [6.45, 7) is 3.17. The molecule has 0 saturated carbocycles. The minimum Gasteiger partial charge on any atom is -0.466 e. The summed E-state index contributed by atoms with van der Waals surface area (Å²) in [4.78, 5) is 23.1. The summed E-state index contributed by atoms with van der Waals surface area (Å²) in [6.07, 6.45) is 0.507. The third-order valence-corrected chi connectivity index (χ3v) is 3.09. The maximum Gasteiger partial charge on any atom is 0.224 e. The van der Waals surface area contributed by atoms with Crippen molar-refractivity contribution in [2.24, 2.45) is 0 Å². The molecular weight excluding hydrogens is 273 g/mol. The molecule has 1 aromatic carbocycles. The lowest BCUT2D eigenvalue weighted by Crippen LogP contribution is -2.13. The molecule has 0 aliphatic rings. The van der Waals surface area contributed by atoms with Gasteiger partial charge in [0.05, 0.1) is 11.3 Å². The number of amides is 1. The third kappa shape index (κ3) is 3.78. The highest BCUT2D eigenvalue weighted by atomic mass is 19.1. The van der Waals surface area contributed by atoms with Crippen LogP contribution in [-0.2, 0) is 11.2 Å². The number of rotatable bonds is 5. The highest BCUT2D eigenvalue weighted by Gasteiger charge is 2.13. The summed E-state index contributed by atoms with van der Waals surface area (Å²) < 4.78 is 18.8. The summed E-state index contributed by atoms with van der Waals surface area (Å²) in [6, 6.07) is 7.63. The SMILES string of the molecule is CC(=O)c1cc(CCC(=O)Nc2ccccc2F)oc1C. The van der Waals surface area contributed by atoms with Crippen molar-refractivity contribution in [2.45, 2.75) is 26.7 Å². The van der Waals surface area contributed by atoms with E-state index in [4.69, 9.17) is 4.42 Å². The third-order valence-electron chi connectivity index (χ3n) is 3.09. The van der Waals surface area contributed by atoms with Gasteiger partial charge in [0.15, 0.2) is 5.78 Å². The number of aryl methyl sites for hydroxylation is 2. The van der Waals surface area contributed by atoms with Gasteiger partial charge in [-0.25, -0.2) is 4.39 Å². The fourth-order valence-electron chi connectivity index (χ4n) is 2.03. The van der Waals surface area contributed by atoms with Crippen LogP contribution in [0.15, 0.2) is 34.7 Å². The van der Waals surface area contributed by atoms with Gasteiger partial charge < -0.3 is 9.73 Å². The monoisotopic (exact) mass is 289 g/mol. The van der Waals surface area contributed by atoms with E-state index in [9.17, 15) is 14.0 Å². The molecule has 0 radical (unpaired) electrons. The van der Waals surface area contributed by atoms with Gasteiger partial charge in [0.1, 0.15) is 17.3 Å². The molecule has 2 rings (SSSR count). The van der Waals surface area contributed by atoms with Crippen LogP contribution in [-0.4, -0.2) is 11.7 Å². The number of benzene rings is 1. The normalized spacial score (nSPS) is 10.4. The van der Waals surface area contributed by atoms with Crippen LogP contribution in [0.3, 0.4) is 0 Å². The van der Waals surface area contributed by atoms with Crippen LogP contribution in [0.2, 0.25) is 0 Å². The number of carbonyl (C=O) groups is 2. The molecule has 0 unspecified atom stereocenters. The number of ketones is 1. The first-order valence-electron chi connectivity index (χ1n) is 6.62. The predicted molar refractivity (Wildman–Crippen MR) is 76.8 cm³/mol. The molecule has 2 aromatic rings. The topological polar surface area (TPSA) is 59.3 Å². The molecule has 5 heteroatoms. The summed E-state index contributed by atoms with van der Waals surface area (Å²) in [5, 5.41) is 2.50. The van der Waals surface area contributed by atoms with E-state index in [0.717, 1.165) is 0 Å². The van der Waals surface area contributed by atoms with Crippen molar-refractivity contribution in [1.82, 2.24) is 0 Å². The van der Waals surface area contributed by atoms with Crippen molar-refractivity contribution < 1.29 is 18.4 Å². The first-order valence-corrected chi connectivity index (χ1v) is 6.62. The molecule has 110 valence electrons. The van der Waals surface area contributed by atoms with Crippen LogP contribution in [0.25, 0.3) is 0 Å². The first kappa shape index (κ1) is 15.0. The fraction of sp³-hybridized carbons (Fsp3) is 0.250. The maximum atomic E-state index is 13.4. The Morgan fingerprint density at radius 2 is 2.00 bits per heavy atom. The average molecular weight is 289 g/mol. The Kier molecular flexibility index (Phi) is 4.52. The lowest BCUT2D eigenvalue weighted by Gasteiger charge is -2.05. The fourth-order valence-corrected chi connectivity index (χ4v) is 2.03. The number of Topliss-reactive ketones (excluding diaryl/α,β-unsaturated/α-hetero) is 1. The number of halogens is 1. The summed E-state index contributed by atoms with van der Waals surface area (Å²) in [7, 11) is 0. The molecule has 1 amide bonds. The van der Waals surface area contributed by atoms with Gasteiger partial charge in [-0.2, -0.15) is 0 Å². The highest BCUT2D eigenvalue weighted by molar-refractivity contribution is 5.95. The number of para-hydroxylation sites is 1. The van der Waals surface area contributed by atoms with Crippen LogP contribution >= 0.6 is 0 Å². The van der Waals surface area contributed by atoms with E-state index in [0.29, 0.717) is 23.5 Å². The molecule has 0 aliphatic heterocycles. The minimum absolute atomic E-state index is 0.0710. The molecule has 1 N–H and O–H groups in total. The Balaban J connectivity index is 1.94. The second kappa shape index (κ2) is 6.35. The zero-order valence-electron chi connectivity index (χ0n) is 11.9. The second-order valence-electron chi connectivity index (χ2n) is 4.77. The molecule has 0 spiro atoms. The van der Waals surface area contributed by atoms with E-state index >= 15 is 0 Å². The van der Waals surface area contributed by atoms with Crippen LogP contribution in [0.5, 0.6) is 0 Å². The molecule has 0 aliphatic carbocycles. The number of hydrogen-bond donors (Lipinski definition) is 1. The second-order valence-corrected chi connectivity index (χ2v) is 4.77. The largest absolute Gasteiger partial charge is 0.466 e. The van der Waals surface area contributed by atoms with Gasteiger partial charge in [0.2, 0.25) is 5.91 Å². The van der Waals surface area contributed by atoms with E-state index in [1.165, 1.54) is 19.1 Å². The zero-order valence-corrected chi connectivity index (χ0v) is 11.9. The lowest BCUT2D eigenvalue weighted by atomic mass is 10.1. The van der Waals surface area contributed by atoms with E-state index in [1.54, 1.807) is 25.1 Å². The summed E-state index contributed by atoms with van der Waals surface area (Å²) in [5.74, 6) is 0.267. The maximum absolute atomic E-state index is 13.4. The van der Waals surface area contributed by atoms with Crippen LogP contribution in [0, 0.1) is 12.7 Å². The predicted octanol–water partition coefficient (Wildman–Crippen LogP) is 3.50. The van der Waals surface area contributed by atoms with Crippen molar-refractivity contribution in [3.63, 3.8) is 0 Å². The Hall–Kier alpha value is -2.43. The van der Waals surface area contributed by atoms with E-state index in [-0.39, 0.29) is 23.8 Å². The van der Waals surface area contributed by atoms with Crippen LogP contribution in [0.1, 0.15) is 35.2 Å².